The van der Waals surface area contributed by atoms with Crippen molar-refractivity contribution < 1.29 is 0 Å². The van der Waals surface area contributed by atoms with Crippen LogP contribution in [0.1, 0.15) is 105 Å². The molecule has 5 nitrogen and oxygen atoms in total. The zero-order valence-electron chi connectivity index (χ0n) is 71.2. The molecule has 0 radical (unpaired) electrons. The third-order valence-corrected chi connectivity index (χ3v) is 26.8. The monoisotopic (exact) mass is 1640 g/mol. The first-order valence-corrected chi connectivity index (χ1v) is 43.7. The predicted molar refractivity (Wildman–Crippen MR) is 529 cm³/mol. The summed E-state index contributed by atoms with van der Waals surface area (Å²) < 4.78 is 10.9. The van der Waals surface area contributed by atoms with Gasteiger partial charge in [0.15, 0.2) is 0 Å². The van der Waals surface area contributed by atoms with Gasteiger partial charge in [-0.15, -0.1) is 0 Å². The summed E-state index contributed by atoms with van der Waals surface area (Å²) in [4.78, 5) is 0. The van der Waals surface area contributed by atoms with Crippen LogP contribution in [0.3, 0.4) is 0 Å². The van der Waals surface area contributed by atoms with Crippen molar-refractivity contribution >= 4 is 152 Å². The molecule has 4 aromatic heterocycles. The molecule has 0 unspecified atom stereocenters. The van der Waals surface area contributed by atoms with E-state index in [9.17, 15) is 0 Å². The van der Waals surface area contributed by atoms with E-state index in [1.807, 2.05) is 0 Å². The van der Waals surface area contributed by atoms with Gasteiger partial charge in [-0.25, -0.2) is 0 Å². The highest BCUT2D eigenvalue weighted by atomic mass is 79.9. The van der Waals surface area contributed by atoms with Crippen LogP contribution in [0.4, 0.5) is 5.69 Å². The molecule has 0 saturated heterocycles. The van der Waals surface area contributed by atoms with Crippen molar-refractivity contribution in [2.45, 2.75) is 105 Å². The number of nitrogens with two attached hydrogens (primary N) is 1. The minimum absolute atomic E-state index is 0.0747. The Hall–Kier alpha value is -13.5. The lowest BCUT2D eigenvalue weighted by atomic mass is 9.87. The third-order valence-electron chi connectivity index (χ3n) is 25.9. The number of halogens is 1. The van der Waals surface area contributed by atoms with Crippen LogP contribution in [-0.2, 0) is 21.7 Å². The maximum Gasteiger partial charge on any atom is 0.0619 e. The number of hydrogen-bond acceptors (Lipinski definition) is 1. The average Bonchev–Trinajstić information content (AvgIpc) is 1.60. The Balaban J connectivity index is 0.000000150. The zero-order valence-corrected chi connectivity index (χ0v) is 72.8. The smallest absolute Gasteiger partial charge is 0.0619 e. The molecule has 122 heavy (non-hydrogen) atoms. The van der Waals surface area contributed by atoms with Gasteiger partial charge >= 0.3 is 0 Å². The molecule has 0 amide bonds. The highest BCUT2D eigenvalue weighted by molar-refractivity contribution is 9.10. The first kappa shape index (κ1) is 75.9. The molecule has 0 saturated carbocycles. The predicted octanol–water partition coefficient (Wildman–Crippen LogP) is 32.6. The van der Waals surface area contributed by atoms with Crippen LogP contribution in [0, 0.1) is 0 Å². The van der Waals surface area contributed by atoms with E-state index < -0.39 is 0 Å². The number of benzene rings is 18. The van der Waals surface area contributed by atoms with Crippen molar-refractivity contribution in [1.82, 2.24) is 18.3 Å². The van der Waals surface area contributed by atoms with Crippen molar-refractivity contribution in [3.63, 3.8) is 0 Å². The Bertz CT molecular complexity index is 7070. The summed E-state index contributed by atoms with van der Waals surface area (Å²) in [5, 5.41) is 19.5. The van der Waals surface area contributed by atoms with Crippen molar-refractivity contribution in [1.29, 1.82) is 0 Å². The number of para-hydroxylation sites is 5. The second kappa shape index (κ2) is 28.6. The second-order valence-corrected chi connectivity index (χ2v) is 38.3. The van der Waals surface area contributed by atoms with E-state index >= 15 is 0 Å². The van der Waals surface area contributed by atoms with Gasteiger partial charge in [-0.05, 0) is 212 Å². The fourth-order valence-corrected chi connectivity index (χ4v) is 20.4. The highest BCUT2D eigenvalue weighted by Gasteiger charge is 2.28. The Labute approximate surface area is 721 Å². The van der Waals surface area contributed by atoms with Crippen molar-refractivity contribution in [2.24, 2.45) is 0 Å². The van der Waals surface area contributed by atoms with E-state index in [1.54, 1.807) is 0 Å². The zero-order chi connectivity index (χ0) is 83.6. The molecule has 0 aliphatic carbocycles. The molecule has 0 fully saturated rings. The van der Waals surface area contributed by atoms with Crippen LogP contribution in [-0.4, -0.2) is 18.3 Å². The van der Waals surface area contributed by atoms with E-state index in [0.717, 1.165) is 43.8 Å². The molecule has 4 heterocycles. The molecule has 2 N–H and O–H groups in total. The summed E-state index contributed by atoms with van der Waals surface area (Å²) in [7, 11) is 0. The van der Waals surface area contributed by atoms with Gasteiger partial charge < -0.3 is 24.0 Å². The lowest BCUT2D eigenvalue weighted by Crippen LogP contribution is -2.10. The Kier molecular flexibility index (Phi) is 17.8. The van der Waals surface area contributed by atoms with Crippen molar-refractivity contribution in [3.8, 4) is 67.3 Å². The van der Waals surface area contributed by atoms with Gasteiger partial charge in [-0.1, -0.05) is 338 Å². The number of nitrogens with zero attached hydrogens (tertiary/aromatic N) is 4. The number of fused-ring (bicyclic) bond motifs is 20. The topological polar surface area (TPSA) is 45.7 Å². The number of nitrogen functional groups attached to an aromatic ring is 1. The van der Waals surface area contributed by atoms with Gasteiger partial charge in [0, 0.05) is 109 Å². The second-order valence-electron chi connectivity index (χ2n) is 37.5. The lowest BCUT2D eigenvalue weighted by molar-refractivity contribution is 0.590. The summed E-state index contributed by atoms with van der Waals surface area (Å²) in [6.07, 6.45) is 0. The molecule has 0 aliphatic rings. The van der Waals surface area contributed by atoms with Gasteiger partial charge in [-0.3, -0.25) is 0 Å². The van der Waals surface area contributed by atoms with Crippen LogP contribution in [0.2, 0.25) is 0 Å². The maximum absolute atomic E-state index is 7.52. The van der Waals surface area contributed by atoms with E-state index in [2.05, 4.69) is 469 Å². The molecule has 22 rings (SSSR count). The van der Waals surface area contributed by atoms with E-state index in [1.165, 1.54) is 186 Å². The molecule has 0 spiro atoms. The molecule has 0 aliphatic heterocycles. The van der Waals surface area contributed by atoms with Gasteiger partial charge in [0.05, 0.1) is 44.1 Å². The number of aromatic nitrogens is 4. The largest absolute Gasteiger partial charge is 0.398 e. The molecular formula is C116H96BrN5. The Morgan fingerprint density at radius 2 is 0.377 bits per heavy atom. The van der Waals surface area contributed by atoms with Crippen LogP contribution >= 0.6 is 15.9 Å². The van der Waals surface area contributed by atoms with E-state index in [4.69, 9.17) is 5.73 Å². The third kappa shape index (κ3) is 12.3. The first-order chi connectivity index (χ1) is 58.9. The summed E-state index contributed by atoms with van der Waals surface area (Å²) in [6, 6.07) is 130. The fraction of sp³-hybridized carbons (Fsp3) is 0.138. The first-order valence-electron chi connectivity index (χ1n) is 42.9. The Morgan fingerprint density at radius 3 is 0.598 bits per heavy atom. The summed E-state index contributed by atoms with van der Waals surface area (Å²) >= 11 is 4.27. The summed E-state index contributed by atoms with van der Waals surface area (Å²) in [5.74, 6) is 0. The van der Waals surface area contributed by atoms with E-state index in [0.29, 0.717) is 0 Å². The van der Waals surface area contributed by atoms with Crippen molar-refractivity contribution in [2.75, 3.05) is 5.73 Å². The quantitative estimate of drug-likeness (QED) is 0.151. The molecule has 0 bridgehead atoms. The van der Waals surface area contributed by atoms with E-state index in [-0.39, 0.29) is 21.7 Å². The number of hydrogen-bond donors (Lipinski definition) is 1. The molecule has 6 heteroatoms. The average molecular weight is 1640 g/mol. The molecular weight excluding hydrogens is 1540 g/mol. The highest BCUT2D eigenvalue weighted by Crippen LogP contribution is 2.52. The summed E-state index contributed by atoms with van der Waals surface area (Å²) in [6.45, 7) is 27.3. The molecule has 18 aromatic carbocycles. The van der Waals surface area contributed by atoms with Gasteiger partial charge in [0.25, 0.3) is 0 Å². The molecule has 0 atom stereocenters. The van der Waals surface area contributed by atoms with Crippen LogP contribution in [0.15, 0.2) is 356 Å². The maximum atomic E-state index is 7.52. The summed E-state index contributed by atoms with van der Waals surface area (Å²) in [5.41, 5.74) is 37.4. The van der Waals surface area contributed by atoms with Gasteiger partial charge in [0.2, 0.25) is 0 Å². The van der Waals surface area contributed by atoms with Crippen LogP contribution in [0.25, 0.3) is 198 Å². The minimum Gasteiger partial charge on any atom is -0.398 e. The molecule has 22 aromatic rings. The van der Waals surface area contributed by atoms with Crippen LogP contribution < -0.4 is 5.73 Å². The standard InChI is InChI=1S/C58H47BrN2.C58H49N3/c2*1-57(2,3)36-26-30-38(31-27-36)60-52-24-13-11-18-42(52)50-34-48(40-16-7-9-20-46(40)55(50)60)44-22-15-23-45(54(44)59)49-35-51-43-19-12-14-25-53(43)61(56(51)47-21-10-8-17-41(47)49)39-32-28-37(29-33-39)58(4,5)6/h7-35H,1-6H3;7-35H,59H2,1-6H3. The Morgan fingerprint density at radius 1 is 0.189 bits per heavy atom. The van der Waals surface area contributed by atoms with Crippen molar-refractivity contribution in [3.05, 3.63) is 379 Å². The normalized spacial score (nSPS) is 12.5. The SMILES string of the molecule is CC(C)(C)c1ccc(-n2c3ccccc3c3cc(-c4cccc(-c5cc6c7ccccc7n(-c7ccc(C(C)(C)C)cc7)c6c6ccccc56)c4Br)c4ccccc4c32)cc1.CC(C)(C)c1ccc(-n2c3ccccc3c3cc(-c4cccc(-c5cc6c7ccccc7n(-c7ccc(C(C)(C)C)cc7)c6c6ccccc56)c4N)c4ccccc4c32)cc1. The lowest BCUT2D eigenvalue weighted by Gasteiger charge is -2.20. The van der Waals surface area contributed by atoms with Gasteiger partial charge in [-0.2, -0.15) is 0 Å². The molecule has 592 valence electrons. The number of anilines is 1. The minimum atomic E-state index is 0.0747. The van der Waals surface area contributed by atoms with Crippen LogP contribution in [0.5, 0.6) is 0 Å². The fourth-order valence-electron chi connectivity index (χ4n) is 19.7. The van der Waals surface area contributed by atoms with Gasteiger partial charge in [0.1, 0.15) is 0 Å². The number of rotatable bonds is 8.